The van der Waals surface area contributed by atoms with Gasteiger partial charge in [0.2, 0.25) is 5.95 Å². The second kappa shape index (κ2) is 7.18. The highest BCUT2D eigenvalue weighted by atomic mass is 16.1. The van der Waals surface area contributed by atoms with Crippen LogP contribution in [0.25, 0.3) is 0 Å². The normalized spacial score (nSPS) is 14.7. The van der Waals surface area contributed by atoms with Crippen LogP contribution in [-0.4, -0.2) is 27.7 Å². The Morgan fingerprint density at radius 2 is 1.88 bits per heavy atom. The van der Waals surface area contributed by atoms with Crippen LogP contribution in [0.5, 0.6) is 0 Å². The van der Waals surface area contributed by atoms with Crippen LogP contribution in [0.1, 0.15) is 37.9 Å². The van der Waals surface area contributed by atoms with Gasteiger partial charge in [0.25, 0.3) is 5.56 Å². The van der Waals surface area contributed by atoms with Crippen molar-refractivity contribution in [1.29, 1.82) is 0 Å². The fourth-order valence-electron chi connectivity index (χ4n) is 3.26. The first-order chi connectivity index (χ1) is 11.7. The second-order valence-corrected chi connectivity index (χ2v) is 6.36. The molecule has 0 amide bonds. The van der Waals surface area contributed by atoms with E-state index in [1.54, 1.807) is 0 Å². The minimum atomic E-state index is 0.0992. The Kier molecular flexibility index (Phi) is 5.00. The Labute approximate surface area is 143 Å². The van der Waals surface area contributed by atoms with Crippen LogP contribution in [0.2, 0.25) is 0 Å². The number of anilines is 2. The lowest BCUT2D eigenvalue weighted by molar-refractivity contribution is 0.195. The van der Waals surface area contributed by atoms with Gasteiger partial charge in [-0.05, 0) is 31.9 Å². The van der Waals surface area contributed by atoms with Crippen LogP contribution in [0, 0.1) is 6.92 Å². The molecule has 0 atom stereocenters. The Morgan fingerprint density at radius 1 is 1.12 bits per heavy atom. The second-order valence-electron chi connectivity index (χ2n) is 6.36. The summed E-state index contributed by atoms with van der Waals surface area (Å²) in [6.45, 7) is 8.53. The first-order valence-electron chi connectivity index (χ1n) is 8.81. The van der Waals surface area contributed by atoms with E-state index in [9.17, 15) is 4.79 Å². The highest BCUT2D eigenvalue weighted by Gasteiger charge is 2.27. The molecule has 2 aromatic rings. The van der Waals surface area contributed by atoms with Gasteiger partial charge < -0.3 is 0 Å². The quantitative estimate of drug-likeness (QED) is 0.845. The van der Waals surface area contributed by atoms with E-state index >= 15 is 0 Å². The fourth-order valence-corrected chi connectivity index (χ4v) is 3.26. The SMILES string of the molecule is CCCCN1CN(c2ccccc2)c2nc(C)c(CC)c(=O)n2C1. The van der Waals surface area contributed by atoms with E-state index in [2.05, 4.69) is 28.9 Å². The summed E-state index contributed by atoms with van der Waals surface area (Å²) < 4.78 is 1.83. The number of unbranched alkanes of at least 4 members (excludes halogenated alkanes) is 1. The summed E-state index contributed by atoms with van der Waals surface area (Å²) in [4.78, 5) is 22.2. The Bertz CT molecular complexity index is 754. The third kappa shape index (κ3) is 3.08. The number of fused-ring (bicyclic) bond motifs is 1. The largest absolute Gasteiger partial charge is 0.298 e. The maximum atomic E-state index is 12.9. The molecule has 24 heavy (non-hydrogen) atoms. The molecule has 1 aromatic heterocycles. The third-order valence-corrected chi connectivity index (χ3v) is 4.62. The van der Waals surface area contributed by atoms with Crippen LogP contribution in [-0.2, 0) is 13.1 Å². The number of nitrogens with zero attached hydrogens (tertiary/aromatic N) is 4. The summed E-state index contributed by atoms with van der Waals surface area (Å²) in [6, 6.07) is 10.2. The molecule has 1 aliphatic heterocycles. The summed E-state index contributed by atoms with van der Waals surface area (Å²) in [5.41, 5.74) is 2.84. The molecule has 0 bridgehead atoms. The molecule has 0 saturated carbocycles. The Balaban J connectivity index is 2.09. The Hall–Kier alpha value is -2.14. The number of aryl methyl sites for hydroxylation is 1. The van der Waals surface area contributed by atoms with Gasteiger partial charge in [0.15, 0.2) is 0 Å². The van der Waals surface area contributed by atoms with Crippen molar-refractivity contribution in [3.8, 4) is 0 Å². The molecule has 0 fully saturated rings. The van der Waals surface area contributed by atoms with Crippen LogP contribution in [0.15, 0.2) is 35.1 Å². The topological polar surface area (TPSA) is 41.4 Å². The molecule has 5 nitrogen and oxygen atoms in total. The van der Waals surface area contributed by atoms with Crippen LogP contribution in [0.3, 0.4) is 0 Å². The molecule has 1 aromatic carbocycles. The standard InChI is InChI=1S/C19H26N4O/c1-4-6-12-21-13-22(16-10-8-7-9-11-16)19-20-15(3)17(5-2)18(24)23(19)14-21/h7-11H,4-6,12-14H2,1-3H3. The lowest BCUT2D eigenvalue weighted by atomic mass is 10.2. The Morgan fingerprint density at radius 3 is 2.54 bits per heavy atom. The molecule has 2 heterocycles. The molecule has 0 radical (unpaired) electrons. The van der Waals surface area contributed by atoms with E-state index in [-0.39, 0.29) is 5.56 Å². The number of hydrogen-bond acceptors (Lipinski definition) is 4. The smallest absolute Gasteiger partial charge is 0.259 e. The number of benzene rings is 1. The van der Waals surface area contributed by atoms with Crippen LogP contribution >= 0.6 is 0 Å². The lowest BCUT2D eigenvalue weighted by Crippen LogP contribution is -2.48. The maximum Gasteiger partial charge on any atom is 0.259 e. The molecule has 0 spiro atoms. The zero-order chi connectivity index (χ0) is 17.1. The van der Waals surface area contributed by atoms with Crippen LogP contribution < -0.4 is 10.5 Å². The van der Waals surface area contributed by atoms with Crippen molar-refractivity contribution in [1.82, 2.24) is 14.5 Å². The van der Waals surface area contributed by atoms with Gasteiger partial charge in [-0.1, -0.05) is 38.5 Å². The molecule has 0 N–H and O–H groups in total. The molecular weight excluding hydrogens is 300 g/mol. The highest BCUT2D eigenvalue weighted by molar-refractivity contribution is 5.58. The third-order valence-electron chi connectivity index (χ3n) is 4.62. The monoisotopic (exact) mass is 326 g/mol. The molecule has 0 saturated heterocycles. The minimum absolute atomic E-state index is 0.0992. The lowest BCUT2D eigenvalue weighted by Gasteiger charge is -2.38. The molecule has 3 rings (SSSR count). The van der Waals surface area contributed by atoms with Crippen molar-refractivity contribution >= 4 is 11.6 Å². The van der Waals surface area contributed by atoms with Crippen molar-refractivity contribution < 1.29 is 0 Å². The van der Waals surface area contributed by atoms with E-state index in [0.717, 1.165) is 55.4 Å². The molecule has 5 heteroatoms. The average Bonchev–Trinajstić information content (AvgIpc) is 2.61. The van der Waals surface area contributed by atoms with Crippen molar-refractivity contribution in [3.05, 3.63) is 51.9 Å². The van der Waals surface area contributed by atoms with Gasteiger partial charge in [-0.2, -0.15) is 0 Å². The molecule has 128 valence electrons. The van der Waals surface area contributed by atoms with E-state index in [0.29, 0.717) is 6.67 Å². The van der Waals surface area contributed by atoms with Crippen molar-refractivity contribution in [2.75, 3.05) is 18.1 Å². The van der Waals surface area contributed by atoms with E-state index in [1.165, 1.54) is 0 Å². The summed E-state index contributed by atoms with van der Waals surface area (Å²) in [7, 11) is 0. The summed E-state index contributed by atoms with van der Waals surface area (Å²) >= 11 is 0. The number of para-hydroxylation sites is 1. The number of rotatable bonds is 5. The predicted molar refractivity (Wildman–Crippen MR) is 97.7 cm³/mol. The minimum Gasteiger partial charge on any atom is -0.298 e. The van der Waals surface area contributed by atoms with Crippen molar-refractivity contribution in [2.24, 2.45) is 0 Å². The first-order valence-corrected chi connectivity index (χ1v) is 8.81. The van der Waals surface area contributed by atoms with Crippen LogP contribution in [0.4, 0.5) is 11.6 Å². The van der Waals surface area contributed by atoms with E-state index < -0.39 is 0 Å². The summed E-state index contributed by atoms with van der Waals surface area (Å²) in [5.74, 6) is 0.758. The van der Waals surface area contributed by atoms with Gasteiger partial charge in [-0.25, -0.2) is 4.98 Å². The predicted octanol–water partition coefficient (Wildman–Crippen LogP) is 3.28. The molecular formula is C19H26N4O. The maximum absolute atomic E-state index is 12.9. The first kappa shape index (κ1) is 16.7. The van der Waals surface area contributed by atoms with E-state index in [4.69, 9.17) is 4.98 Å². The van der Waals surface area contributed by atoms with Crippen molar-refractivity contribution in [2.45, 2.75) is 46.7 Å². The zero-order valence-corrected chi connectivity index (χ0v) is 14.8. The van der Waals surface area contributed by atoms with Gasteiger partial charge in [0.1, 0.15) is 0 Å². The molecule has 0 unspecified atom stereocenters. The van der Waals surface area contributed by atoms with Gasteiger partial charge in [0, 0.05) is 23.5 Å². The highest BCUT2D eigenvalue weighted by Crippen LogP contribution is 2.27. The van der Waals surface area contributed by atoms with Gasteiger partial charge in [-0.15, -0.1) is 0 Å². The van der Waals surface area contributed by atoms with Gasteiger partial charge >= 0.3 is 0 Å². The molecule has 0 aliphatic carbocycles. The van der Waals surface area contributed by atoms with Gasteiger partial charge in [-0.3, -0.25) is 19.2 Å². The van der Waals surface area contributed by atoms with Crippen molar-refractivity contribution in [3.63, 3.8) is 0 Å². The fraction of sp³-hybridized carbons (Fsp3) is 0.474. The van der Waals surface area contributed by atoms with E-state index in [1.807, 2.05) is 36.6 Å². The van der Waals surface area contributed by atoms with Gasteiger partial charge in [0.05, 0.1) is 13.3 Å². The number of aromatic nitrogens is 2. The summed E-state index contributed by atoms with van der Waals surface area (Å²) in [5, 5.41) is 0. The number of hydrogen-bond donors (Lipinski definition) is 0. The molecule has 1 aliphatic rings. The zero-order valence-electron chi connectivity index (χ0n) is 14.8. The average molecular weight is 326 g/mol. The summed E-state index contributed by atoms with van der Waals surface area (Å²) in [6.07, 6.45) is 3.00.